The monoisotopic (exact) mass is 642 g/mol. The van der Waals surface area contributed by atoms with Crippen LogP contribution in [0.15, 0.2) is 48.5 Å². The summed E-state index contributed by atoms with van der Waals surface area (Å²) in [7, 11) is 3.39. The third kappa shape index (κ3) is 15.4. The lowest BCUT2D eigenvalue weighted by Crippen LogP contribution is -2.55. The topological polar surface area (TPSA) is 49.0 Å². The van der Waals surface area contributed by atoms with Gasteiger partial charge >= 0.3 is 0 Å². The highest BCUT2D eigenvalue weighted by molar-refractivity contribution is 7.80. The van der Waals surface area contributed by atoms with Crippen molar-refractivity contribution in [3.63, 3.8) is 0 Å². The van der Waals surface area contributed by atoms with Crippen molar-refractivity contribution in [2.75, 3.05) is 27.3 Å². The molecule has 0 heterocycles. The van der Waals surface area contributed by atoms with Gasteiger partial charge in [0.15, 0.2) is 10.2 Å². The number of methoxy groups -OCH3 is 2. The van der Waals surface area contributed by atoms with Crippen LogP contribution in [0.25, 0.3) is 0 Å². The van der Waals surface area contributed by atoms with Gasteiger partial charge in [0, 0.05) is 13.1 Å². The lowest BCUT2D eigenvalue weighted by Gasteiger charge is -2.39. The second-order valence-electron chi connectivity index (χ2n) is 11.5. The van der Waals surface area contributed by atoms with Crippen LogP contribution in [-0.2, 0) is 13.1 Å². The van der Waals surface area contributed by atoms with Crippen molar-refractivity contribution in [1.29, 1.82) is 0 Å². The largest absolute Gasteiger partial charge is 0.497 e. The third-order valence-electron chi connectivity index (χ3n) is 7.81. The van der Waals surface area contributed by atoms with Crippen molar-refractivity contribution in [2.45, 2.75) is 117 Å². The molecule has 0 saturated heterocycles. The van der Waals surface area contributed by atoms with Crippen molar-refractivity contribution >= 4 is 34.7 Å². The lowest BCUT2D eigenvalue weighted by molar-refractivity contribution is 0.111. The van der Waals surface area contributed by atoms with Crippen molar-refractivity contribution < 1.29 is 9.47 Å². The maximum Gasteiger partial charge on any atom is 0.188 e. The molecule has 2 N–H and O–H groups in total. The van der Waals surface area contributed by atoms with E-state index < -0.39 is 0 Å². The van der Waals surface area contributed by atoms with Crippen LogP contribution in [0.2, 0.25) is 0 Å². The van der Waals surface area contributed by atoms with Gasteiger partial charge in [-0.3, -0.25) is 10.0 Å². The number of hydrogen-bond acceptors (Lipinski definition) is 4. The van der Waals surface area contributed by atoms with E-state index in [-0.39, 0.29) is 0 Å². The minimum absolute atomic E-state index is 0.558. The number of hydrazine groups is 1. The average Bonchev–Trinajstić information content (AvgIpc) is 3.05. The molecule has 0 bridgehead atoms. The summed E-state index contributed by atoms with van der Waals surface area (Å²) >= 11 is 12.1. The Balaban J connectivity index is 2.12. The minimum atomic E-state index is 0.558. The Morgan fingerprint density at radius 3 is 1.32 bits per heavy atom. The Morgan fingerprint density at radius 1 is 0.568 bits per heavy atom. The first-order chi connectivity index (χ1) is 21.5. The van der Waals surface area contributed by atoms with Crippen LogP contribution in [-0.4, -0.2) is 47.6 Å². The van der Waals surface area contributed by atoms with Crippen molar-refractivity contribution in [3.8, 4) is 11.5 Å². The molecule has 246 valence electrons. The van der Waals surface area contributed by atoms with E-state index in [9.17, 15) is 0 Å². The van der Waals surface area contributed by atoms with Gasteiger partial charge in [0.05, 0.1) is 27.3 Å². The van der Waals surface area contributed by atoms with E-state index in [0.29, 0.717) is 23.3 Å². The standard InChI is InChI=1S/C36H58N4O2S2/c1-5-7-9-11-12-13-14-15-16-18-26-38-36(44)40(30-32-22-20-24-34(28-32)42-4)39(35(43)37-25-17-10-8-6-2)29-31-21-19-23-33(27-31)41-3/h19-24,27-28H,5-18,25-26,29-30H2,1-4H3,(H,37,43)(H,38,44). The summed E-state index contributed by atoms with van der Waals surface area (Å²) in [6.45, 7) is 7.29. The molecule has 0 saturated carbocycles. The molecule has 0 fully saturated rings. The van der Waals surface area contributed by atoms with Gasteiger partial charge in [0.2, 0.25) is 0 Å². The van der Waals surface area contributed by atoms with Gasteiger partial charge in [0.25, 0.3) is 0 Å². The summed E-state index contributed by atoms with van der Waals surface area (Å²) in [6, 6.07) is 16.3. The van der Waals surface area contributed by atoms with Crippen molar-refractivity contribution in [1.82, 2.24) is 20.7 Å². The molecule has 0 aliphatic carbocycles. The van der Waals surface area contributed by atoms with Crippen LogP contribution >= 0.6 is 24.4 Å². The second kappa shape index (κ2) is 23.8. The molecule has 0 spiro atoms. The highest BCUT2D eigenvalue weighted by Crippen LogP contribution is 2.20. The molecule has 0 radical (unpaired) electrons. The number of nitrogens with zero attached hydrogens (tertiary/aromatic N) is 2. The average molecular weight is 643 g/mol. The number of benzene rings is 2. The molecule has 44 heavy (non-hydrogen) atoms. The van der Waals surface area contributed by atoms with Crippen molar-refractivity contribution in [3.05, 3.63) is 59.7 Å². The number of hydrogen-bond donors (Lipinski definition) is 2. The zero-order chi connectivity index (χ0) is 31.8. The van der Waals surface area contributed by atoms with Gasteiger partial charge in [-0.05, 0) is 72.7 Å². The smallest absolute Gasteiger partial charge is 0.188 e. The molecule has 6 nitrogen and oxygen atoms in total. The predicted molar refractivity (Wildman–Crippen MR) is 194 cm³/mol. The quantitative estimate of drug-likeness (QED) is 0.0749. The zero-order valence-corrected chi connectivity index (χ0v) is 29.5. The SMILES string of the molecule is CCCCCCCCCCCCNC(=S)N(Cc1cccc(OC)c1)N(Cc1cccc(OC)c1)C(=S)NCCCCCC. The van der Waals surface area contributed by atoms with Gasteiger partial charge in [-0.15, -0.1) is 0 Å². The number of thiocarbonyl (C=S) groups is 2. The first kappa shape index (κ1) is 37.6. The van der Waals surface area contributed by atoms with E-state index >= 15 is 0 Å². The highest BCUT2D eigenvalue weighted by atomic mass is 32.1. The van der Waals surface area contributed by atoms with E-state index in [1.54, 1.807) is 14.2 Å². The molecule has 2 rings (SSSR count). The first-order valence-electron chi connectivity index (χ1n) is 16.9. The number of unbranched alkanes of at least 4 members (excludes halogenated alkanes) is 12. The van der Waals surface area contributed by atoms with E-state index in [4.69, 9.17) is 33.9 Å². The van der Waals surface area contributed by atoms with Crippen LogP contribution in [0.1, 0.15) is 115 Å². The van der Waals surface area contributed by atoms with Crippen molar-refractivity contribution in [2.24, 2.45) is 0 Å². The number of nitrogens with one attached hydrogen (secondary N) is 2. The Kier molecular flexibility index (Phi) is 20.3. The lowest BCUT2D eigenvalue weighted by atomic mass is 10.1. The molecular formula is C36H58N4O2S2. The van der Waals surface area contributed by atoms with Gasteiger partial charge in [-0.1, -0.05) is 115 Å². The Bertz CT molecular complexity index is 1070. The molecule has 8 heteroatoms. The van der Waals surface area contributed by atoms with Crippen LogP contribution in [0.4, 0.5) is 0 Å². The summed E-state index contributed by atoms with van der Waals surface area (Å²) in [6.07, 6.45) is 17.8. The van der Waals surface area contributed by atoms with Gasteiger partial charge < -0.3 is 20.1 Å². The Morgan fingerprint density at radius 2 is 0.932 bits per heavy atom. The Labute approximate surface area is 279 Å². The molecule has 0 aliphatic rings. The highest BCUT2D eigenvalue weighted by Gasteiger charge is 2.23. The molecule has 2 aromatic carbocycles. The number of ether oxygens (including phenoxy) is 2. The molecule has 0 aromatic heterocycles. The fourth-order valence-electron chi connectivity index (χ4n) is 5.16. The van der Waals surface area contributed by atoms with E-state index in [2.05, 4.69) is 58.8 Å². The summed E-state index contributed by atoms with van der Waals surface area (Å²) < 4.78 is 11.0. The molecule has 0 unspecified atom stereocenters. The van der Waals surface area contributed by atoms with Gasteiger partial charge in [0.1, 0.15) is 11.5 Å². The fraction of sp³-hybridized carbons (Fsp3) is 0.611. The molecular weight excluding hydrogens is 585 g/mol. The van der Waals surface area contributed by atoms with Crippen LogP contribution in [0.5, 0.6) is 11.5 Å². The molecule has 0 aliphatic heterocycles. The maximum absolute atomic E-state index is 6.07. The van der Waals surface area contributed by atoms with E-state index in [0.717, 1.165) is 48.6 Å². The Hall–Kier alpha value is -2.58. The second-order valence-corrected chi connectivity index (χ2v) is 12.3. The molecule has 0 amide bonds. The van der Waals surface area contributed by atoms with Crippen LogP contribution in [0.3, 0.4) is 0 Å². The fourth-order valence-corrected chi connectivity index (χ4v) is 5.69. The van der Waals surface area contributed by atoms with Gasteiger partial charge in [-0.2, -0.15) is 0 Å². The summed E-state index contributed by atoms with van der Waals surface area (Å²) in [4.78, 5) is 0. The molecule has 0 atom stereocenters. The summed E-state index contributed by atoms with van der Waals surface area (Å²) in [5.41, 5.74) is 2.18. The van der Waals surface area contributed by atoms with E-state index in [1.807, 2.05) is 24.3 Å². The maximum atomic E-state index is 6.07. The summed E-state index contributed by atoms with van der Waals surface area (Å²) in [5, 5.41) is 12.6. The van der Waals surface area contributed by atoms with Gasteiger partial charge in [-0.25, -0.2) is 0 Å². The number of rotatable bonds is 22. The third-order valence-corrected chi connectivity index (χ3v) is 8.52. The minimum Gasteiger partial charge on any atom is -0.497 e. The van der Waals surface area contributed by atoms with Crippen LogP contribution in [0, 0.1) is 0 Å². The predicted octanol–water partition coefficient (Wildman–Crippen LogP) is 9.17. The zero-order valence-electron chi connectivity index (χ0n) is 27.9. The van der Waals surface area contributed by atoms with Crippen LogP contribution < -0.4 is 20.1 Å². The molecule has 2 aromatic rings. The summed E-state index contributed by atoms with van der Waals surface area (Å²) in [5.74, 6) is 1.64. The van der Waals surface area contributed by atoms with E-state index in [1.165, 1.54) is 77.0 Å². The first-order valence-corrected chi connectivity index (χ1v) is 17.7. The normalized spacial score (nSPS) is 10.7.